The maximum atomic E-state index is 3.94. The number of hydrogen-bond donors (Lipinski definition) is 2. The van der Waals surface area contributed by atoms with Crippen LogP contribution in [0.3, 0.4) is 0 Å². The van der Waals surface area contributed by atoms with E-state index in [0.717, 1.165) is 15.9 Å². The normalized spacial score (nSPS) is 12.4. The molecule has 0 bridgehead atoms. The van der Waals surface area contributed by atoms with E-state index in [4.69, 9.17) is 0 Å². The van der Waals surface area contributed by atoms with Gasteiger partial charge < -0.3 is 5.32 Å². The third kappa shape index (κ3) is 2.44. The molecule has 0 saturated heterocycles. The predicted octanol–water partition coefficient (Wildman–Crippen LogP) is 3.65. The summed E-state index contributed by atoms with van der Waals surface area (Å²) in [6.45, 7) is 4.17. The minimum atomic E-state index is 0.210. The van der Waals surface area contributed by atoms with Gasteiger partial charge >= 0.3 is 0 Å². The summed E-state index contributed by atoms with van der Waals surface area (Å²) in [5, 5.41) is 10.3. The van der Waals surface area contributed by atoms with Crippen molar-refractivity contribution in [2.45, 2.75) is 19.9 Å². The van der Waals surface area contributed by atoms with Crippen LogP contribution in [0.2, 0.25) is 0 Å². The van der Waals surface area contributed by atoms with Gasteiger partial charge in [-0.1, -0.05) is 6.07 Å². The minimum absolute atomic E-state index is 0.210. The summed E-state index contributed by atoms with van der Waals surface area (Å²) in [5.74, 6) is 0. The number of aromatic nitrogens is 2. The van der Waals surface area contributed by atoms with Crippen LogP contribution in [0.5, 0.6) is 0 Å². The molecular formula is C12H14BrN3. The average Bonchev–Trinajstić information content (AvgIpc) is 2.75. The molecule has 0 radical (unpaired) electrons. The molecule has 2 N–H and O–H groups in total. The van der Waals surface area contributed by atoms with Gasteiger partial charge in [-0.05, 0) is 53.5 Å². The van der Waals surface area contributed by atoms with Crippen LogP contribution in [-0.4, -0.2) is 10.2 Å². The van der Waals surface area contributed by atoms with Gasteiger partial charge in [0.1, 0.15) is 0 Å². The number of anilines is 1. The predicted molar refractivity (Wildman–Crippen MR) is 69.5 cm³/mol. The molecule has 16 heavy (non-hydrogen) atoms. The third-order valence-corrected chi connectivity index (χ3v) is 3.14. The second-order valence-electron chi connectivity index (χ2n) is 3.86. The highest BCUT2D eigenvalue weighted by molar-refractivity contribution is 9.10. The summed E-state index contributed by atoms with van der Waals surface area (Å²) >= 11 is 3.55. The Morgan fingerprint density at radius 1 is 1.38 bits per heavy atom. The average molecular weight is 280 g/mol. The van der Waals surface area contributed by atoms with E-state index in [9.17, 15) is 0 Å². The number of benzene rings is 1. The van der Waals surface area contributed by atoms with E-state index in [1.807, 2.05) is 6.07 Å². The van der Waals surface area contributed by atoms with E-state index in [1.54, 1.807) is 6.20 Å². The van der Waals surface area contributed by atoms with Crippen molar-refractivity contribution in [3.05, 3.63) is 46.2 Å². The van der Waals surface area contributed by atoms with Crippen molar-refractivity contribution >= 4 is 21.6 Å². The molecule has 1 heterocycles. The molecule has 4 heteroatoms. The van der Waals surface area contributed by atoms with E-state index in [1.165, 1.54) is 5.56 Å². The summed E-state index contributed by atoms with van der Waals surface area (Å²) in [6.07, 6.45) is 1.76. The van der Waals surface area contributed by atoms with Gasteiger partial charge in [0.2, 0.25) is 0 Å². The topological polar surface area (TPSA) is 40.7 Å². The maximum absolute atomic E-state index is 3.94. The molecule has 1 unspecified atom stereocenters. The lowest BCUT2D eigenvalue weighted by Crippen LogP contribution is -2.07. The third-order valence-electron chi connectivity index (χ3n) is 2.49. The van der Waals surface area contributed by atoms with E-state index in [-0.39, 0.29) is 6.04 Å². The van der Waals surface area contributed by atoms with Crippen molar-refractivity contribution < 1.29 is 0 Å². The largest absolute Gasteiger partial charge is 0.376 e. The quantitative estimate of drug-likeness (QED) is 0.900. The zero-order chi connectivity index (χ0) is 11.5. The number of rotatable bonds is 3. The lowest BCUT2D eigenvalue weighted by Gasteiger charge is -2.15. The van der Waals surface area contributed by atoms with Crippen LogP contribution in [0.25, 0.3) is 0 Å². The molecule has 0 fully saturated rings. The second kappa shape index (κ2) is 4.70. The van der Waals surface area contributed by atoms with Gasteiger partial charge in [-0.25, -0.2) is 0 Å². The number of nitrogens with zero attached hydrogens (tertiary/aromatic N) is 1. The summed E-state index contributed by atoms with van der Waals surface area (Å²) < 4.78 is 1.08. The number of aromatic amines is 1. The number of aryl methyl sites for hydroxylation is 1. The van der Waals surface area contributed by atoms with Crippen LogP contribution >= 0.6 is 15.9 Å². The van der Waals surface area contributed by atoms with Gasteiger partial charge in [0.05, 0.1) is 11.7 Å². The van der Waals surface area contributed by atoms with Crippen molar-refractivity contribution in [1.29, 1.82) is 0 Å². The molecule has 1 aromatic carbocycles. The Morgan fingerprint density at radius 3 is 2.81 bits per heavy atom. The molecule has 3 nitrogen and oxygen atoms in total. The number of H-pyrrole nitrogens is 1. The Labute approximate surface area is 103 Å². The van der Waals surface area contributed by atoms with E-state index in [0.29, 0.717) is 0 Å². The van der Waals surface area contributed by atoms with Crippen molar-refractivity contribution in [2.75, 3.05) is 5.32 Å². The molecule has 2 rings (SSSR count). The minimum Gasteiger partial charge on any atom is -0.376 e. The van der Waals surface area contributed by atoms with Crippen molar-refractivity contribution in [2.24, 2.45) is 0 Å². The molecule has 2 aromatic rings. The highest BCUT2D eigenvalue weighted by atomic mass is 79.9. The number of nitrogens with one attached hydrogen (secondary N) is 2. The lowest BCUT2D eigenvalue weighted by atomic mass is 10.2. The van der Waals surface area contributed by atoms with Crippen molar-refractivity contribution in [1.82, 2.24) is 10.2 Å². The van der Waals surface area contributed by atoms with Crippen LogP contribution < -0.4 is 5.32 Å². The van der Waals surface area contributed by atoms with Crippen molar-refractivity contribution in [3.8, 4) is 0 Å². The van der Waals surface area contributed by atoms with Crippen LogP contribution in [-0.2, 0) is 0 Å². The summed E-state index contributed by atoms with van der Waals surface area (Å²) in [5.41, 5.74) is 3.41. The fourth-order valence-corrected chi connectivity index (χ4v) is 2.16. The maximum Gasteiger partial charge on any atom is 0.0651 e. The molecule has 84 valence electrons. The summed E-state index contributed by atoms with van der Waals surface area (Å²) in [4.78, 5) is 0. The molecule has 0 amide bonds. The van der Waals surface area contributed by atoms with Crippen LogP contribution in [0.15, 0.2) is 34.9 Å². The highest BCUT2D eigenvalue weighted by Crippen LogP contribution is 2.26. The molecule has 0 saturated carbocycles. The Kier molecular flexibility index (Phi) is 3.29. The molecule has 0 aliphatic rings. The SMILES string of the molecule is Cc1ccc(NC(C)c2ccn[nH]2)c(Br)c1. The number of hydrogen-bond acceptors (Lipinski definition) is 2. The van der Waals surface area contributed by atoms with Gasteiger partial charge in [0.15, 0.2) is 0 Å². The molecule has 1 atom stereocenters. The fourth-order valence-electron chi connectivity index (χ4n) is 1.56. The molecule has 0 aliphatic heterocycles. The Morgan fingerprint density at radius 2 is 2.19 bits per heavy atom. The zero-order valence-corrected chi connectivity index (χ0v) is 10.9. The van der Waals surface area contributed by atoms with E-state index < -0.39 is 0 Å². The second-order valence-corrected chi connectivity index (χ2v) is 4.72. The number of halogens is 1. The van der Waals surface area contributed by atoms with E-state index >= 15 is 0 Å². The van der Waals surface area contributed by atoms with Crippen molar-refractivity contribution in [3.63, 3.8) is 0 Å². The summed E-state index contributed by atoms with van der Waals surface area (Å²) in [7, 11) is 0. The highest BCUT2D eigenvalue weighted by Gasteiger charge is 2.08. The monoisotopic (exact) mass is 279 g/mol. The lowest BCUT2D eigenvalue weighted by molar-refractivity contribution is 0.825. The standard InChI is InChI=1S/C12H14BrN3/c1-8-3-4-12(10(13)7-8)15-9(2)11-5-6-14-16-11/h3-7,9,15H,1-2H3,(H,14,16). The van der Waals surface area contributed by atoms with E-state index in [2.05, 4.69) is 63.5 Å². The van der Waals surface area contributed by atoms with Gasteiger partial charge in [0.25, 0.3) is 0 Å². The van der Waals surface area contributed by atoms with Gasteiger partial charge in [-0.15, -0.1) is 0 Å². The molecule has 1 aromatic heterocycles. The zero-order valence-electron chi connectivity index (χ0n) is 9.29. The Hall–Kier alpha value is -1.29. The van der Waals surface area contributed by atoms with Gasteiger partial charge in [-0.2, -0.15) is 5.10 Å². The van der Waals surface area contributed by atoms with Crippen LogP contribution in [0, 0.1) is 6.92 Å². The first-order valence-corrected chi connectivity index (χ1v) is 5.98. The van der Waals surface area contributed by atoms with Gasteiger partial charge in [-0.3, -0.25) is 5.10 Å². The molecule has 0 spiro atoms. The fraction of sp³-hybridized carbons (Fsp3) is 0.250. The first kappa shape index (κ1) is 11.2. The smallest absolute Gasteiger partial charge is 0.0651 e. The Balaban J connectivity index is 2.15. The summed E-state index contributed by atoms with van der Waals surface area (Å²) in [6, 6.07) is 8.45. The molecular weight excluding hydrogens is 266 g/mol. The first-order valence-electron chi connectivity index (χ1n) is 5.19. The molecule has 0 aliphatic carbocycles. The van der Waals surface area contributed by atoms with Crippen LogP contribution in [0.1, 0.15) is 24.2 Å². The van der Waals surface area contributed by atoms with Gasteiger partial charge in [0, 0.05) is 16.4 Å². The Bertz CT molecular complexity index is 465. The first-order chi connectivity index (χ1) is 7.66. The van der Waals surface area contributed by atoms with Crippen LogP contribution in [0.4, 0.5) is 5.69 Å².